The third-order valence-corrected chi connectivity index (χ3v) is 4.01. The number of rotatable bonds is 4. The van der Waals surface area contributed by atoms with Crippen LogP contribution in [0.1, 0.15) is 16.2 Å². The van der Waals surface area contributed by atoms with Crippen molar-refractivity contribution in [2.24, 2.45) is 0 Å². The number of hydrogen-bond donors (Lipinski definition) is 3. The summed E-state index contributed by atoms with van der Waals surface area (Å²) >= 11 is 6.05. The van der Waals surface area contributed by atoms with Crippen LogP contribution >= 0.6 is 11.6 Å². The normalized spacial score (nSPS) is 10.8. The molecule has 3 rings (SSSR count). The van der Waals surface area contributed by atoms with Crippen LogP contribution in [0.4, 0.5) is 0 Å². The van der Waals surface area contributed by atoms with Crippen LogP contribution in [-0.2, 0) is 4.79 Å². The molecule has 1 amide bonds. The van der Waals surface area contributed by atoms with Gasteiger partial charge in [-0.15, -0.1) is 0 Å². The second kappa shape index (κ2) is 6.33. The zero-order chi connectivity index (χ0) is 17.3. The lowest BCUT2D eigenvalue weighted by Crippen LogP contribution is -2.29. The smallest absolute Gasteiger partial charge is 0.322 e. The Labute approximate surface area is 142 Å². The minimum Gasteiger partial charge on any atom is -0.480 e. The molecule has 0 atom stereocenters. The van der Waals surface area contributed by atoms with E-state index in [-0.39, 0.29) is 5.82 Å². The monoisotopic (exact) mass is 343 g/mol. The van der Waals surface area contributed by atoms with Crippen LogP contribution < -0.4 is 5.32 Å². The number of fused-ring (bicyclic) bond motifs is 1. The first-order chi connectivity index (χ1) is 11.4. The van der Waals surface area contributed by atoms with E-state index in [1.807, 2.05) is 43.3 Å². The summed E-state index contributed by atoms with van der Waals surface area (Å²) in [6.45, 7) is 1.48. The van der Waals surface area contributed by atoms with E-state index in [0.717, 1.165) is 16.7 Å². The Hall–Kier alpha value is -2.86. The average molecular weight is 344 g/mol. The molecular formula is C17H14ClN3O3. The lowest BCUT2D eigenvalue weighted by atomic mass is 10.0. The van der Waals surface area contributed by atoms with E-state index in [9.17, 15) is 9.59 Å². The fraction of sp³-hybridized carbons (Fsp3) is 0.118. The maximum Gasteiger partial charge on any atom is 0.322 e. The van der Waals surface area contributed by atoms with Gasteiger partial charge in [0.2, 0.25) is 0 Å². The number of carbonyl (C=O) groups excluding carboxylic acids is 1. The topological polar surface area (TPSA) is 95.1 Å². The molecule has 3 N–H and O–H groups in total. The Bertz CT molecular complexity index is 949. The van der Waals surface area contributed by atoms with E-state index in [4.69, 9.17) is 16.7 Å². The number of benzene rings is 2. The third-order valence-electron chi connectivity index (χ3n) is 3.59. The molecule has 0 fully saturated rings. The molecule has 0 saturated heterocycles. The predicted octanol–water partition coefficient (Wildman–Crippen LogP) is 3.01. The van der Waals surface area contributed by atoms with Crippen molar-refractivity contribution in [1.82, 2.24) is 15.3 Å². The third kappa shape index (κ3) is 3.23. The summed E-state index contributed by atoms with van der Waals surface area (Å²) in [6, 6.07) is 11.4. The lowest BCUT2D eigenvalue weighted by Gasteiger charge is -2.04. The standard InChI is InChI=1S/C17H14ClN3O3/c1-9-6-10(2-4-12(9)18)11-3-5-13-14(7-11)21-16(20-13)17(24)19-8-15(22)23/h2-7H,8H2,1H3,(H,19,24)(H,20,21)(H,22,23). The number of H-pyrrole nitrogens is 1. The number of aromatic amines is 1. The van der Waals surface area contributed by atoms with Crippen LogP contribution in [0.5, 0.6) is 0 Å². The van der Waals surface area contributed by atoms with Gasteiger partial charge in [-0.25, -0.2) is 4.98 Å². The van der Waals surface area contributed by atoms with Crippen molar-refractivity contribution in [3.8, 4) is 11.1 Å². The number of imidazole rings is 1. The Morgan fingerprint density at radius 1 is 1.21 bits per heavy atom. The first-order valence-electron chi connectivity index (χ1n) is 7.20. The van der Waals surface area contributed by atoms with Crippen molar-refractivity contribution in [3.05, 3.63) is 52.8 Å². The van der Waals surface area contributed by atoms with Gasteiger partial charge >= 0.3 is 5.97 Å². The molecule has 0 aliphatic carbocycles. The van der Waals surface area contributed by atoms with Crippen molar-refractivity contribution < 1.29 is 14.7 Å². The zero-order valence-corrected chi connectivity index (χ0v) is 13.5. The van der Waals surface area contributed by atoms with Gasteiger partial charge < -0.3 is 15.4 Å². The number of carboxylic acids is 1. The van der Waals surface area contributed by atoms with Gasteiger partial charge in [-0.1, -0.05) is 23.7 Å². The molecular weight excluding hydrogens is 330 g/mol. The molecule has 24 heavy (non-hydrogen) atoms. The van der Waals surface area contributed by atoms with Gasteiger partial charge in [-0.2, -0.15) is 0 Å². The summed E-state index contributed by atoms with van der Waals surface area (Å²) in [5, 5.41) is 11.6. The maximum absolute atomic E-state index is 11.9. The van der Waals surface area contributed by atoms with Gasteiger partial charge in [-0.05, 0) is 47.9 Å². The summed E-state index contributed by atoms with van der Waals surface area (Å²) in [7, 11) is 0. The molecule has 0 unspecified atom stereocenters. The number of carbonyl (C=O) groups is 2. The highest BCUT2D eigenvalue weighted by atomic mass is 35.5. The first kappa shape index (κ1) is 16.0. The number of aryl methyl sites for hydroxylation is 1. The van der Waals surface area contributed by atoms with Crippen molar-refractivity contribution >= 4 is 34.5 Å². The van der Waals surface area contributed by atoms with E-state index in [1.54, 1.807) is 0 Å². The minimum absolute atomic E-state index is 0.0793. The molecule has 0 saturated carbocycles. The number of nitrogens with one attached hydrogen (secondary N) is 2. The summed E-state index contributed by atoms with van der Waals surface area (Å²) in [5.74, 6) is -1.59. The molecule has 2 aromatic carbocycles. The first-order valence-corrected chi connectivity index (χ1v) is 7.58. The van der Waals surface area contributed by atoms with Crippen LogP contribution in [-0.4, -0.2) is 33.5 Å². The van der Waals surface area contributed by atoms with Crippen molar-refractivity contribution in [1.29, 1.82) is 0 Å². The van der Waals surface area contributed by atoms with E-state index >= 15 is 0 Å². The SMILES string of the molecule is Cc1cc(-c2ccc3[nH]c(C(=O)NCC(=O)O)nc3c2)ccc1Cl. The van der Waals surface area contributed by atoms with Crippen molar-refractivity contribution in [3.63, 3.8) is 0 Å². The number of carboxylic acid groups (broad SMARTS) is 1. The molecule has 0 spiro atoms. The number of amides is 1. The van der Waals surface area contributed by atoms with E-state index in [2.05, 4.69) is 15.3 Å². The quantitative estimate of drug-likeness (QED) is 0.678. The molecule has 0 aliphatic heterocycles. The second-order valence-electron chi connectivity index (χ2n) is 5.36. The fourth-order valence-corrected chi connectivity index (χ4v) is 2.47. The van der Waals surface area contributed by atoms with Gasteiger partial charge in [-0.3, -0.25) is 9.59 Å². The molecule has 7 heteroatoms. The van der Waals surface area contributed by atoms with Crippen molar-refractivity contribution in [2.75, 3.05) is 6.54 Å². The summed E-state index contributed by atoms with van der Waals surface area (Å²) in [6.07, 6.45) is 0. The van der Waals surface area contributed by atoms with Gasteiger partial charge in [0.15, 0.2) is 5.82 Å². The van der Waals surface area contributed by atoms with Crippen LogP contribution in [0.2, 0.25) is 5.02 Å². The minimum atomic E-state index is -1.11. The largest absolute Gasteiger partial charge is 0.480 e. The Morgan fingerprint density at radius 3 is 2.62 bits per heavy atom. The second-order valence-corrected chi connectivity index (χ2v) is 5.76. The zero-order valence-electron chi connectivity index (χ0n) is 12.8. The molecule has 1 heterocycles. The van der Waals surface area contributed by atoms with Crippen LogP contribution in [0.25, 0.3) is 22.2 Å². The van der Waals surface area contributed by atoms with E-state index in [0.29, 0.717) is 16.1 Å². The average Bonchev–Trinajstić information content (AvgIpc) is 2.98. The van der Waals surface area contributed by atoms with Crippen LogP contribution in [0.3, 0.4) is 0 Å². The molecule has 6 nitrogen and oxygen atoms in total. The fourth-order valence-electron chi connectivity index (χ4n) is 2.36. The molecule has 0 bridgehead atoms. The number of hydrogen-bond acceptors (Lipinski definition) is 3. The van der Waals surface area contributed by atoms with Gasteiger partial charge in [0.05, 0.1) is 11.0 Å². The Balaban J connectivity index is 1.92. The number of aliphatic carboxylic acids is 1. The maximum atomic E-state index is 11.9. The summed E-state index contributed by atoms with van der Waals surface area (Å²) < 4.78 is 0. The highest BCUT2D eigenvalue weighted by Crippen LogP contribution is 2.27. The predicted molar refractivity (Wildman–Crippen MR) is 91.2 cm³/mol. The summed E-state index contributed by atoms with van der Waals surface area (Å²) in [5.41, 5.74) is 4.25. The van der Waals surface area contributed by atoms with E-state index < -0.39 is 18.4 Å². The van der Waals surface area contributed by atoms with Gasteiger partial charge in [0.1, 0.15) is 6.54 Å². The van der Waals surface area contributed by atoms with Crippen LogP contribution in [0, 0.1) is 6.92 Å². The van der Waals surface area contributed by atoms with Crippen LogP contribution in [0.15, 0.2) is 36.4 Å². The molecule has 122 valence electrons. The molecule has 0 aliphatic rings. The highest BCUT2D eigenvalue weighted by molar-refractivity contribution is 6.31. The van der Waals surface area contributed by atoms with Gasteiger partial charge in [0.25, 0.3) is 5.91 Å². The molecule has 3 aromatic rings. The Kier molecular flexibility index (Phi) is 4.22. The Morgan fingerprint density at radius 2 is 1.92 bits per heavy atom. The summed E-state index contributed by atoms with van der Waals surface area (Å²) in [4.78, 5) is 29.5. The molecule has 0 radical (unpaired) electrons. The number of nitrogens with zero attached hydrogens (tertiary/aromatic N) is 1. The number of aromatic nitrogens is 2. The highest BCUT2D eigenvalue weighted by Gasteiger charge is 2.13. The number of halogens is 1. The van der Waals surface area contributed by atoms with Crippen molar-refractivity contribution in [2.45, 2.75) is 6.92 Å². The van der Waals surface area contributed by atoms with E-state index in [1.165, 1.54) is 0 Å². The van der Waals surface area contributed by atoms with Gasteiger partial charge in [0, 0.05) is 5.02 Å². The molecule has 1 aromatic heterocycles. The lowest BCUT2D eigenvalue weighted by molar-refractivity contribution is -0.135.